The normalized spacial score (nSPS) is 24.4. The minimum absolute atomic E-state index is 0.125. The van der Waals surface area contributed by atoms with Gasteiger partial charge >= 0.3 is 6.09 Å². The van der Waals surface area contributed by atoms with Crippen molar-refractivity contribution in [3.8, 4) is 0 Å². The number of thiocarbonyl (C=S) groups is 1. The predicted molar refractivity (Wildman–Crippen MR) is 52.8 cm³/mol. The van der Waals surface area contributed by atoms with Gasteiger partial charge in [0.05, 0.1) is 11.0 Å². The second kappa shape index (κ2) is 3.89. The van der Waals surface area contributed by atoms with Crippen LogP contribution >= 0.6 is 12.2 Å². The summed E-state index contributed by atoms with van der Waals surface area (Å²) in [4.78, 5) is 14.3. The van der Waals surface area contributed by atoms with E-state index in [0.717, 1.165) is 0 Å². The Labute approximate surface area is 82.1 Å². The van der Waals surface area contributed by atoms with Gasteiger partial charge in [0.2, 0.25) is 0 Å². The van der Waals surface area contributed by atoms with E-state index in [0.29, 0.717) is 24.6 Å². The molecule has 0 aromatic carbocycles. The molecule has 1 unspecified atom stereocenters. The highest BCUT2D eigenvalue weighted by Gasteiger charge is 2.28. The van der Waals surface area contributed by atoms with Gasteiger partial charge in [-0.1, -0.05) is 12.2 Å². The molecule has 0 radical (unpaired) electrons. The minimum atomic E-state index is -0.908. The van der Waals surface area contributed by atoms with Crippen molar-refractivity contribution < 1.29 is 9.90 Å². The van der Waals surface area contributed by atoms with E-state index in [1.165, 1.54) is 4.90 Å². The fourth-order valence-electron chi connectivity index (χ4n) is 1.35. The van der Waals surface area contributed by atoms with Crippen molar-refractivity contribution in [1.29, 1.82) is 0 Å². The number of hydrogen-bond acceptors (Lipinski definition) is 3. The smallest absolute Gasteiger partial charge is 0.407 e. The Morgan fingerprint density at radius 1 is 1.62 bits per heavy atom. The maximum absolute atomic E-state index is 10.7. The summed E-state index contributed by atoms with van der Waals surface area (Å²) < 4.78 is 0. The number of carboxylic acid groups (broad SMARTS) is 1. The molecule has 1 aliphatic rings. The summed E-state index contributed by atoms with van der Waals surface area (Å²) in [7, 11) is 1.89. The summed E-state index contributed by atoms with van der Waals surface area (Å²) in [6.07, 6.45) is -0.908. The van der Waals surface area contributed by atoms with Gasteiger partial charge in [-0.2, -0.15) is 0 Å². The number of likely N-dealkylation sites (N-methyl/N-ethyl adjacent to an activating group) is 1. The number of carbonyl (C=O) groups is 1. The second-order valence-corrected chi connectivity index (χ2v) is 3.60. The van der Waals surface area contributed by atoms with Crippen LogP contribution in [-0.2, 0) is 0 Å². The number of hydrogen-bond donors (Lipinski definition) is 2. The van der Waals surface area contributed by atoms with Crippen LogP contribution in [0.25, 0.3) is 0 Å². The van der Waals surface area contributed by atoms with Crippen LogP contribution in [0.4, 0.5) is 4.79 Å². The number of nitrogens with zero attached hydrogens (tertiary/aromatic N) is 2. The van der Waals surface area contributed by atoms with Gasteiger partial charge in [0, 0.05) is 19.6 Å². The lowest BCUT2D eigenvalue weighted by atomic mass is 10.2. The van der Waals surface area contributed by atoms with E-state index in [-0.39, 0.29) is 6.04 Å². The molecule has 0 aliphatic carbocycles. The standard InChI is InChI=1S/C7H13N3O2S/c1-9-2-3-10(7(11)12)4-5(9)6(8)13/h5H,2-4H2,1H3,(H2,8,13)(H,11,12). The minimum Gasteiger partial charge on any atom is -0.465 e. The molecule has 6 heteroatoms. The zero-order chi connectivity index (χ0) is 10.0. The molecule has 1 amide bonds. The molecule has 0 aromatic heterocycles. The van der Waals surface area contributed by atoms with E-state index in [9.17, 15) is 4.79 Å². The molecule has 5 nitrogen and oxygen atoms in total. The molecule has 1 atom stereocenters. The van der Waals surface area contributed by atoms with Gasteiger partial charge in [0.15, 0.2) is 0 Å². The van der Waals surface area contributed by atoms with Crippen molar-refractivity contribution in [3.05, 3.63) is 0 Å². The summed E-state index contributed by atoms with van der Waals surface area (Å²) >= 11 is 4.85. The SMILES string of the molecule is CN1CCN(C(=O)O)CC1C(N)=S. The van der Waals surface area contributed by atoms with E-state index in [4.69, 9.17) is 23.1 Å². The van der Waals surface area contributed by atoms with Crippen LogP contribution in [0.1, 0.15) is 0 Å². The highest BCUT2D eigenvalue weighted by atomic mass is 32.1. The zero-order valence-corrected chi connectivity index (χ0v) is 8.25. The van der Waals surface area contributed by atoms with E-state index in [2.05, 4.69) is 0 Å². The Balaban J connectivity index is 2.63. The van der Waals surface area contributed by atoms with Gasteiger partial charge in [-0.15, -0.1) is 0 Å². The Morgan fingerprint density at radius 2 is 2.23 bits per heavy atom. The fraction of sp³-hybridized carbons (Fsp3) is 0.714. The summed E-state index contributed by atoms with van der Waals surface area (Å²) in [5.41, 5.74) is 5.49. The van der Waals surface area contributed by atoms with Crippen molar-refractivity contribution in [3.63, 3.8) is 0 Å². The van der Waals surface area contributed by atoms with Crippen LogP contribution in [0, 0.1) is 0 Å². The van der Waals surface area contributed by atoms with Crippen molar-refractivity contribution in [2.45, 2.75) is 6.04 Å². The fourth-order valence-corrected chi connectivity index (χ4v) is 1.61. The Kier molecular flexibility index (Phi) is 3.05. The molecule has 13 heavy (non-hydrogen) atoms. The van der Waals surface area contributed by atoms with Crippen LogP contribution < -0.4 is 5.73 Å². The van der Waals surface area contributed by atoms with Gasteiger partial charge in [-0.3, -0.25) is 4.90 Å². The molecule has 1 saturated heterocycles. The third kappa shape index (κ3) is 2.28. The van der Waals surface area contributed by atoms with Crippen LogP contribution in [0.5, 0.6) is 0 Å². The highest BCUT2D eigenvalue weighted by Crippen LogP contribution is 2.07. The maximum Gasteiger partial charge on any atom is 0.407 e. The topological polar surface area (TPSA) is 69.8 Å². The Bertz CT molecular complexity index is 234. The van der Waals surface area contributed by atoms with Gasteiger partial charge in [0.1, 0.15) is 0 Å². The highest BCUT2D eigenvalue weighted by molar-refractivity contribution is 7.80. The molecular formula is C7H13N3O2S. The average Bonchev–Trinajstić information content (AvgIpc) is 2.04. The Hall–Kier alpha value is -0.880. The molecule has 74 valence electrons. The molecule has 1 heterocycles. The zero-order valence-electron chi connectivity index (χ0n) is 7.43. The molecule has 0 aromatic rings. The summed E-state index contributed by atoms with van der Waals surface area (Å²) in [5.74, 6) is 0. The van der Waals surface area contributed by atoms with E-state index >= 15 is 0 Å². The lowest BCUT2D eigenvalue weighted by Gasteiger charge is -2.37. The molecule has 0 bridgehead atoms. The maximum atomic E-state index is 10.7. The van der Waals surface area contributed by atoms with E-state index in [1.807, 2.05) is 11.9 Å². The van der Waals surface area contributed by atoms with E-state index < -0.39 is 6.09 Å². The molecule has 0 spiro atoms. The number of nitrogens with two attached hydrogens (primary N) is 1. The average molecular weight is 203 g/mol. The largest absolute Gasteiger partial charge is 0.465 e. The summed E-state index contributed by atoms with van der Waals surface area (Å²) in [6, 6.07) is -0.125. The first-order valence-corrected chi connectivity index (χ1v) is 4.40. The van der Waals surface area contributed by atoms with Crippen molar-refractivity contribution in [2.75, 3.05) is 26.7 Å². The van der Waals surface area contributed by atoms with Crippen LogP contribution in [0.3, 0.4) is 0 Å². The quantitative estimate of drug-likeness (QED) is 0.566. The van der Waals surface area contributed by atoms with Gasteiger partial charge in [-0.05, 0) is 7.05 Å². The van der Waals surface area contributed by atoms with Crippen molar-refractivity contribution >= 4 is 23.3 Å². The van der Waals surface area contributed by atoms with Crippen molar-refractivity contribution in [1.82, 2.24) is 9.80 Å². The lowest BCUT2D eigenvalue weighted by Crippen LogP contribution is -2.57. The number of amides is 1. The molecule has 1 rings (SSSR count). The van der Waals surface area contributed by atoms with Gasteiger partial charge in [0.25, 0.3) is 0 Å². The molecular weight excluding hydrogens is 190 g/mol. The first kappa shape index (κ1) is 10.2. The molecule has 1 aliphatic heterocycles. The molecule has 1 fully saturated rings. The third-order valence-corrected chi connectivity index (χ3v) is 2.52. The third-order valence-electron chi connectivity index (χ3n) is 2.25. The second-order valence-electron chi connectivity index (χ2n) is 3.13. The van der Waals surface area contributed by atoms with Crippen LogP contribution in [0.2, 0.25) is 0 Å². The summed E-state index contributed by atoms with van der Waals surface area (Å²) in [5, 5.41) is 8.75. The molecule has 0 saturated carbocycles. The monoisotopic (exact) mass is 203 g/mol. The summed E-state index contributed by atoms with van der Waals surface area (Å²) in [6.45, 7) is 1.57. The Morgan fingerprint density at radius 3 is 2.69 bits per heavy atom. The number of rotatable bonds is 1. The van der Waals surface area contributed by atoms with Crippen LogP contribution in [-0.4, -0.2) is 58.7 Å². The van der Waals surface area contributed by atoms with Crippen molar-refractivity contribution in [2.24, 2.45) is 5.73 Å². The first-order valence-electron chi connectivity index (χ1n) is 4.00. The van der Waals surface area contributed by atoms with Gasteiger partial charge < -0.3 is 15.7 Å². The first-order chi connectivity index (χ1) is 6.02. The van der Waals surface area contributed by atoms with E-state index in [1.54, 1.807) is 0 Å². The van der Waals surface area contributed by atoms with Gasteiger partial charge in [-0.25, -0.2) is 4.79 Å². The van der Waals surface area contributed by atoms with Crippen LogP contribution in [0.15, 0.2) is 0 Å². The number of piperazine rings is 1. The predicted octanol–water partition coefficient (Wildman–Crippen LogP) is -0.433. The molecule has 3 N–H and O–H groups in total. The lowest BCUT2D eigenvalue weighted by molar-refractivity contribution is 0.103.